The number of halogens is 2. The van der Waals surface area contributed by atoms with Gasteiger partial charge in [-0.2, -0.15) is 0 Å². The van der Waals surface area contributed by atoms with Gasteiger partial charge in [-0.25, -0.2) is 4.39 Å². The van der Waals surface area contributed by atoms with Gasteiger partial charge >= 0.3 is 5.97 Å². The van der Waals surface area contributed by atoms with Gasteiger partial charge in [0.25, 0.3) is 0 Å². The van der Waals surface area contributed by atoms with Crippen LogP contribution in [0.15, 0.2) is 18.2 Å². The maximum Gasteiger partial charge on any atom is 0.306 e. The zero-order chi connectivity index (χ0) is 12.1. The highest BCUT2D eigenvalue weighted by Gasteiger charge is 2.19. The van der Waals surface area contributed by atoms with Gasteiger partial charge in [-0.1, -0.05) is 37.1 Å². The van der Waals surface area contributed by atoms with Crippen LogP contribution in [-0.4, -0.2) is 11.1 Å². The van der Waals surface area contributed by atoms with E-state index in [4.69, 9.17) is 16.7 Å². The van der Waals surface area contributed by atoms with E-state index in [1.54, 1.807) is 12.1 Å². The highest BCUT2D eigenvalue weighted by molar-refractivity contribution is 6.31. The molecule has 0 amide bonds. The maximum atomic E-state index is 13.1. The van der Waals surface area contributed by atoms with E-state index in [-0.39, 0.29) is 11.4 Å². The average Bonchev–Trinajstić information content (AvgIpc) is 2.23. The number of benzene rings is 1. The SMILES string of the molecule is CCCC(Cc1cccc(F)c1Cl)C(=O)O. The van der Waals surface area contributed by atoms with Crippen molar-refractivity contribution in [1.29, 1.82) is 0 Å². The minimum absolute atomic E-state index is 0.0323. The fourth-order valence-corrected chi connectivity index (χ4v) is 1.84. The molecule has 0 aliphatic rings. The van der Waals surface area contributed by atoms with Crippen molar-refractivity contribution in [3.05, 3.63) is 34.6 Å². The minimum Gasteiger partial charge on any atom is -0.481 e. The maximum absolute atomic E-state index is 13.1. The Morgan fingerprint density at radius 2 is 2.25 bits per heavy atom. The Bertz CT molecular complexity index is 379. The number of aliphatic carboxylic acids is 1. The first kappa shape index (κ1) is 13.0. The lowest BCUT2D eigenvalue weighted by Crippen LogP contribution is -2.16. The molecule has 16 heavy (non-hydrogen) atoms. The summed E-state index contributed by atoms with van der Waals surface area (Å²) in [6, 6.07) is 4.47. The van der Waals surface area contributed by atoms with Crippen molar-refractivity contribution in [2.45, 2.75) is 26.2 Å². The smallest absolute Gasteiger partial charge is 0.306 e. The van der Waals surface area contributed by atoms with Gasteiger partial charge in [0, 0.05) is 0 Å². The summed E-state index contributed by atoms with van der Waals surface area (Å²) in [5.74, 6) is -1.86. The van der Waals surface area contributed by atoms with Crippen LogP contribution in [0, 0.1) is 11.7 Å². The molecule has 4 heteroatoms. The Labute approximate surface area is 99.0 Å². The molecule has 1 aromatic rings. The van der Waals surface area contributed by atoms with Gasteiger partial charge in [0.2, 0.25) is 0 Å². The third-order valence-electron chi connectivity index (χ3n) is 2.48. The van der Waals surface area contributed by atoms with Crippen LogP contribution in [0.25, 0.3) is 0 Å². The van der Waals surface area contributed by atoms with Crippen molar-refractivity contribution >= 4 is 17.6 Å². The van der Waals surface area contributed by atoms with Crippen LogP contribution >= 0.6 is 11.6 Å². The Kier molecular flexibility index (Phi) is 4.74. The topological polar surface area (TPSA) is 37.3 Å². The monoisotopic (exact) mass is 244 g/mol. The van der Waals surface area contributed by atoms with Gasteiger partial charge < -0.3 is 5.11 Å². The van der Waals surface area contributed by atoms with Gasteiger partial charge in [-0.3, -0.25) is 4.79 Å². The lowest BCUT2D eigenvalue weighted by Gasteiger charge is -2.12. The Morgan fingerprint density at radius 3 is 2.81 bits per heavy atom. The Balaban J connectivity index is 2.85. The van der Waals surface area contributed by atoms with Crippen LogP contribution in [-0.2, 0) is 11.2 Å². The molecule has 0 radical (unpaired) electrons. The van der Waals surface area contributed by atoms with Gasteiger partial charge in [-0.05, 0) is 24.5 Å². The first-order chi connectivity index (χ1) is 7.56. The summed E-state index contributed by atoms with van der Waals surface area (Å²) in [5, 5.41) is 9.02. The summed E-state index contributed by atoms with van der Waals surface area (Å²) < 4.78 is 13.1. The summed E-state index contributed by atoms with van der Waals surface area (Å²) in [7, 11) is 0. The van der Waals surface area contributed by atoms with Gasteiger partial charge in [0.1, 0.15) is 5.82 Å². The van der Waals surface area contributed by atoms with E-state index in [0.29, 0.717) is 12.0 Å². The van der Waals surface area contributed by atoms with Gasteiger partial charge in [0.05, 0.1) is 10.9 Å². The summed E-state index contributed by atoms with van der Waals surface area (Å²) in [4.78, 5) is 11.0. The standard InChI is InChI=1S/C12H14ClFO2/c1-2-4-9(12(15)16)7-8-5-3-6-10(14)11(8)13/h3,5-6,9H,2,4,7H2,1H3,(H,15,16). The van der Waals surface area contributed by atoms with Gasteiger partial charge in [-0.15, -0.1) is 0 Å². The Hall–Kier alpha value is -1.09. The van der Waals surface area contributed by atoms with Crippen LogP contribution in [0.3, 0.4) is 0 Å². The highest BCUT2D eigenvalue weighted by Crippen LogP contribution is 2.24. The van der Waals surface area contributed by atoms with E-state index in [1.807, 2.05) is 6.92 Å². The molecule has 0 saturated carbocycles. The molecule has 0 heterocycles. The molecule has 1 aromatic carbocycles. The number of hydrogen-bond donors (Lipinski definition) is 1. The quantitative estimate of drug-likeness (QED) is 0.861. The van der Waals surface area contributed by atoms with Crippen LogP contribution in [0.2, 0.25) is 5.02 Å². The van der Waals surface area contributed by atoms with E-state index in [1.165, 1.54) is 6.07 Å². The van der Waals surface area contributed by atoms with Crippen molar-refractivity contribution in [2.24, 2.45) is 5.92 Å². The summed E-state index contributed by atoms with van der Waals surface area (Å²) in [6.07, 6.45) is 1.63. The lowest BCUT2D eigenvalue weighted by atomic mass is 9.95. The minimum atomic E-state index is -0.859. The molecule has 0 saturated heterocycles. The molecule has 2 nitrogen and oxygen atoms in total. The molecule has 88 valence electrons. The van der Waals surface area contributed by atoms with Crippen LogP contribution in [0.1, 0.15) is 25.3 Å². The predicted molar refractivity (Wildman–Crippen MR) is 61.1 cm³/mol. The second-order valence-corrected chi connectivity index (χ2v) is 4.12. The third kappa shape index (κ3) is 3.20. The first-order valence-electron chi connectivity index (χ1n) is 5.22. The molecule has 1 unspecified atom stereocenters. The van der Waals surface area contributed by atoms with E-state index >= 15 is 0 Å². The third-order valence-corrected chi connectivity index (χ3v) is 2.91. The Morgan fingerprint density at radius 1 is 1.56 bits per heavy atom. The second-order valence-electron chi connectivity index (χ2n) is 3.74. The summed E-state index contributed by atoms with van der Waals surface area (Å²) >= 11 is 5.77. The molecular weight excluding hydrogens is 231 g/mol. The van der Waals surface area contributed by atoms with Crippen LogP contribution in [0.5, 0.6) is 0 Å². The number of carboxylic acid groups (broad SMARTS) is 1. The number of carboxylic acids is 1. The predicted octanol–water partition coefficient (Wildman–Crippen LogP) is 3.52. The van der Waals surface area contributed by atoms with E-state index in [2.05, 4.69) is 0 Å². The number of rotatable bonds is 5. The molecular formula is C12H14ClFO2. The molecule has 0 bridgehead atoms. The van der Waals surface area contributed by atoms with Crippen LogP contribution < -0.4 is 0 Å². The van der Waals surface area contributed by atoms with Gasteiger partial charge in [0.15, 0.2) is 0 Å². The fraction of sp³-hybridized carbons (Fsp3) is 0.417. The van der Waals surface area contributed by atoms with E-state index in [9.17, 15) is 9.18 Å². The van der Waals surface area contributed by atoms with Crippen molar-refractivity contribution in [2.75, 3.05) is 0 Å². The molecule has 0 aliphatic carbocycles. The molecule has 0 aromatic heterocycles. The van der Waals surface area contributed by atoms with Crippen LogP contribution in [0.4, 0.5) is 4.39 Å². The second kappa shape index (κ2) is 5.85. The largest absolute Gasteiger partial charge is 0.481 e. The van der Waals surface area contributed by atoms with Crippen molar-refractivity contribution in [3.8, 4) is 0 Å². The molecule has 1 atom stereocenters. The number of hydrogen-bond acceptors (Lipinski definition) is 1. The summed E-state index contributed by atoms with van der Waals surface area (Å²) in [6.45, 7) is 1.92. The van der Waals surface area contributed by atoms with Crippen molar-refractivity contribution in [1.82, 2.24) is 0 Å². The molecule has 0 spiro atoms. The zero-order valence-corrected chi connectivity index (χ0v) is 9.80. The normalized spacial score (nSPS) is 12.4. The molecule has 0 aliphatic heterocycles. The number of carbonyl (C=O) groups is 1. The van der Waals surface area contributed by atoms with E-state index < -0.39 is 17.7 Å². The van der Waals surface area contributed by atoms with Crippen molar-refractivity contribution < 1.29 is 14.3 Å². The zero-order valence-electron chi connectivity index (χ0n) is 9.04. The molecule has 0 fully saturated rings. The first-order valence-corrected chi connectivity index (χ1v) is 5.59. The molecule has 1 rings (SSSR count). The van der Waals surface area contributed by atoms with E-state index in [0.717, 1.165) is 6.42 Å². The molecule has 1 N–H and O–H groups in total. The lowest BCUT2D eigenvalue weighted by molar-refractivity contribution is -0.141. The average molecular weight is 245 g/mol. The summed E-state index contributed by atoms with van der Waals surface area (Å²) in [5.41, 5.74) is 0.558. The highest BCUT2D eigenvalue weighted by atomic mass is 35.5. The van der Waals surface area contributed by atoms with Crippen molar-refractivity contribution in [3.63, 3.8) is 0 Å². The fourth-order valence-electron chi connectivity index (χ4n) is 1.63.